The SMILES string of the molecule is CCCc1ccc(C(=O)CCC(=O)O[C@@H](C)C(=O)NC(=O)NC2CCCCC2)cc1. The lowest BCUT2D eigenvalue weighted by molar-refractivity contribution is -0.154. The number of urea groups is 1. The van der Waals surface area contributed by atoms with Crippen molar-refractivity contribution < 1.29 is 23.9 Å². The molecule has 1 saturated carbocycles. The first-order valence-corrected chi connectivity index (χ1v) is 10.8. The molecule has 0 radical (unpaired) electrons. The van der Waals surface area contributed by atoms with Crippen molar-refractivity contribution in [1.29, 1.82) is 0 Å². The molecule has 1 aromatic rings. The molecule has 2 rings (SSSR count). The van der Waals surface area contributed by atoms with Gasteiger partial charge in [0.25, 0.3) is 5.91 Å². The van der Waals surface area contributed by atoms with E-state index in [1.807, 2.05) is 12.1 Å². The van der Waals surface area contributed by atoms with Crippen molar-refractivity contribution in [1.82, 2.24) is 10.6 Å². The van der Waals surface area contributed by atoms with E-state index in [1.165, 1.54) is 18.9 Å². The number of nitrogens with one attached hydrogen (secondary N) is 2. The summed E-state index contributed by atoms with van der Waals surface area (Å²) >= 11 is 0. The van der Waals surface area contributed by atoms with Crippen LogP contribution >= 0.6 is 0 Å². The van der Waals surface area contributed by atoms with E-state index in [2.05, 4.69) is 17.6 Å². The lowest BCUT2D eigenvalue weighted by atomic mass is 9.96. The second kappa shape index (κ2) is 12.1. The minimum absolute atomic E-state index is 0.00244. The van der Waals surface area contributed by atoms with Crippen LogP contribution in [0.1, 0.15) is 81.1 Å². The summed E-state index contributed by atoms with van der Waals surface area (Å²) < 4.78 is 5.06. The van der Waals surface area contributed by atoms with Crippen LogP contribution in [-0.4, -0.2) is 35.8 Å². The second-order valence-corrected chi connectivity index (χ2v) is 7.80. The summed E-state index contributed by atoms with van der Waals surface area (Å²) in [4.78, 5) is 48.2. The van der Waals surface area contributed by atoms with Gasteiger partial charge in [-0.2, -0.15) is 0 Å². The predicted octanol–water partition coefficient (Wildman–Crippen LogP) is 3.69. The number of Topliss-reactive ketones (excluding diaryl/α,β-unsaturated/α-hetero) is 1. The lowest BCUT2D eigenvalue weighted by Gasteiger charge is -2.23. The summed E-state index contributed by atoms with van der Waals surface area (Å²) in [5, 5.41) is 4.98. The van der Waals surface area contributed by atoms with Crippen molar-refractivity contribution in [2.24, 2.45) is 0 Å². The molecule has 30 heavy (non-hydrogen) atoms. The van der Waals surface area contributed by atoms with Crippen LogP contribution in [0.15, 0.2) is 24.3 Å². The van der Waals surface area contributed by atoms with Gasteiger partial charge in [0.15, 0.2) is 11.9 Å². The summed E-state index contributed by atoms with van der Waals surface area (Å²) in [7, 11) is 0. The zero-order chi connectivity index (χ0) is 21.9. The number of rotatable bonds is 9. The number of hydrogen-bond donors (Lipinski definition) is 2. The molecule has 2 N–H and O–H groups in total. The van der Waals surface area contributed by atoms with Crippen LogP contribution in [-0.2, 0) is 20.7 Å². The number of imide groups is 1. The summed E-state index contributed by atoms with van der Waals surface area (Å²) in [6, 6.07) is 6.86. The normalized spacial score (nSPS) is 15.1. The number of amides is 3. The van der Waals surface area contributed by atoms with Gasteiger partial charge in [0.05, 0.1) is 6.42 Å². The van der Waals surface area contributed by atoms with Crippen molar-refractivity contribution in [3.8, 4) is 0 Å². The van der Waals surface area contributed by atoms with E-state index in [0.717, 1.165) is 38.5 Å². The fourth-order valence-corrected chi connectivity index (χ4v) is 3.50. The average molecular weight is 417 g/mol. The van der Waals surface area contributed by atoms with Gasteiger partial charge in [-0.3, -0.25) is 19.7 Å². The molecular weight excluding hydrogens is 384 g/mol. The fraction of sp³-hybridized carbons (Fsp3) is 0.565. The van der Waals surface area contributed by atoms with Gasteiger partial charge in [0, 0.05) is 18.0 Å². The molecule has 164 valence electrons. The molecule has 1 aliphatic carbocycles. The number of carbonyl (C=O) groups excluding carboxylic acids is 4. The Hall–Kier alpha value is -2.70. The highest BCUT2D eigenvalue weighted by Crippen LogP contribution is 2.17. The van der Waals surface area contributed by atoms with Crippen LogP contribution in [0, 0.1) is 0 Å². The molecule has 0 bridgehead atoms. The van der Waals surface area contributed by atoms with E-state index in [1.54, 1.807) is 12.1 Å². The zero-order valence-electron chi connectivity index (χ0n) is 17.9. The van der Waals surface area contributed by atoms with Crippen LogP contribution in [0.4, 0.5) is 4.79 Å². The summed E-state index contributed by atoms with van der Waals surface area (Å²) in [6.45, 7) is 3.49. The molecule has 3 amide bonds. The minimum Gasteiger partial charge on any atom is -0.453 e. The van der Waals surface area contributed by atoms with Crippen LogP contribution < -0.4 is 10.6 Å². The van der Waals surface area contributed by atoms with Crippen LogP contribution in [0.2, 0.25) is 0 Å². The molecule has 7 nitrogen and oxygen atoms in total. The van der Waals surface area contributed by atoms with E-state index in [-0.39, 0.29) is 24.7 Å². The van der Waals surface area contributed by atoms with Gasteiger partial charge in [-0.25, -0.2) is 4.79 Å². The quantitative estimate of drug-likeness (QED) is 0.472. The van der Waals surface area contributed by atoms with Crippen molar-refractivity contribution in [3.63, 3.8) is 0 Å². The Morgan fingerprint density at radius 3 is 2.33 bits per heavy atom. The molecule has 1 atom stereocenters. The van der Waals surface area contributed by atoms with Gasteiger partial charge in [-0.15, -0.1) is 0 Å². The number of benzene rings is 1. The van der Waals surface area contributed by atoms with Gasteiger partial charge in [-0.1, -0.05) is 56.9 Å². The first-order valence-electron chi connectivity index (χ1n) is 10.8. The number of aryl methyl sites for hydroxylation is 1. The van der Waals surface area contributed by atoms with E-state index in [4.69, 9.17) is 4.74 Å². The van der Waals surface area contributed by atoms with Crippen LogP contribution in [0.25, 0.3) is 0 Å². The molecule has 7 heteroatoms. The standard InChI is InChI=1S/C23H32N2O5/c1-3-7-17-10-12-18(13-11-17)20(26)14-15-21(27)30-16(2)22(28)25-23(29)24-19-8-5-4-6-9-19/h10-13,16,19H,3-9,14-15H2,1-2H3,(H2,24,25,28,29)/t16-/m0/s1. The molecular formula is C23H32N2O5. The number of hydrogen-bond acceptors (Lipinski definition) is 5. The second-order valence-electron chi connectivity index (χ2n) is 7.80. The Labute approximate surface area is 177 Å². The van der Waals surface area contributed by atoms with Crippen molar-refractivity contribution >= 4 is 23.7 Å². The van der Waals surface area contributed by atoms with Crippen molar-refractivity contribution in [2.75, 3.05) is 0 Å². The number of ether oxygens (including phenoxy) is 1. The van der Waals surface area contributed by atoms with Gasteiger partial charge >= 0.3 is 12.0 Å². The summed E-state index contributed by atoms with van der Waals surface area (Å²) in [6.07, 6.45) is 5.86. The van der Waals surface area contributed by atoms with Crippen LogP contribution in [0.3, 0.4) is 0 Å². The number of carbonyl (C=O) groups is 4. The maximum Gasteiger partial charge on any atom is 0.321 e. The van der Waals surface area contributed by atoms with E-state index < -0.39 is 24.0 Å². The average Bonchev–Trinajstić information content (AvgIpc) is 2.73. The topological polar surface area (TPSA) is 102 Å². The summed E-state index contributed by atoms with van der Waals surface area (Å²) in [5.74, 6) is -1.49. The molecule has 1 fully saturated rings. The Kier molecular flexibility index (Phi) is 9.51. The summed E-state index contributed by atoms with van der Waals surface area (Å²) in [5.41, 5.74) is 1.72. The van der Waals surface area contributed by atoms with E-state index >= 15 is 0 Å². The monoisotopic (exact) mass is 416 g/mol. The van der Waals surface area contributed by atoms with Gasteiger partial charge in [-0.05, 0) is 31.7 Å². The van der Waals surface area contributed by atoms with E-state index in [9.17, 15) is 19.2 Å². The van der Waals surface area contributed by atoms with Crippen LogP contribution in [0.5, 0.6) is 0 Å². The van der Waals surface area contributed by atoms with Gasteiger partial charge < -0.3 is 10.1 Å². The molecule has 0 aromatic heterocycles. The Morgan fingerprint density at radius 2 is 1.70 bits per heavy atom. The first kappa shape index (κ1) is 23.6. The fourth-order valence-electron chi connectivity index (χ4n) is 3.50. The third-order valence-corrected chi connectivity index (χ3v) is 5.23. The largest absolute Gasteiger partial charge is 0.453 e. The molecule has 0 saturated heterocycles. The maximum atomic E-state index is 12.2. The highest BCUT2D eigenvalue weighted by atomic mass is 16.5. The molecule has 1 aromatic carbocycles. The molecule has 0 heterocycles. The Balaban J connectivity index is 1.70. The molecule has 0 unspecified atom stereocenters. The van der Waals surface area contributed by atoms with E-state index in [0.29, 0.717) is 5.56 Å². The smallest absolute Gasteiger partial charge is 0.321 e. The zero-order valence-corrected chi connectivity index (χ0v) is 17.9. The molecule has 0 spiro atoms. The lowest BCUT2D eigenvalue weighted by Crippen LogP contribution is -2.48. The Bertz CT molecular complexity index is 738. The molecule has 1 aliphatic rings. The van der Waals surface area contributed by atoms with Gasteiger partial charge in [0.1, 0.15) is 0 Å². The minimum atomic E-state index is -1.11. The Morgan fingerprint density at radius 1 is 1.03 bits per heavy atom. The molecule has 0 aliphatic heterocycles. The third kappa shape index (κ3) is 7.97. The maximum absolute atomic E-state index is 12.2. The van der Waals surface area contributed by atoms with Crippen molar-refractivity contribution in [3.05, 3.63) is 35.4 Å². The highest BCUT2D eigenvalue weighted by Gasteiger charge is 2.22. The third-order valence-electron chi connectivity index (χ3n) is 5.23. The number of ketones is 1. The first-order chi connectivity index (χ1) is 14.4. The predicted molar refractivity (Wildman–Crippen MR) is 113 cm³/mol. The highest BCUT2D eigenvalue weighted by molar-refractivity contribution is 5.98. The number of esters is 1. The van der Waals surface area contributed by atoms with Crippen molar-refractivity contribution in [2.45, 2.75) is 83.8 Å². The van der Waals surface area contributed by atoms with Gasteiger partial charge in [0.2, 0.25) is 0 Å².